The van der Waals surface area contributed by atoms with Crippen LogP contribution in [0.4, 0.5) is 14.6 Å². The highest BCUT2D eigenvalue weighted by atomic mass is 19.3. The monoisotopic (exact) mass is 591 g/mol. The number of nitrogens with two attached hydrogens (primary N) is 1. The number of alkyl halides is 2. The van der Waals surface area contributed by atoms with Gasteiger partial charge in [-0.2, -0.15) is 5.10 Å². The second-order valence-electron chi connectivity index (χ2n) is 11.6. The number of pyridine rings is 1. The molecule has 0 aliphatic carbocycles. The van der Waals surface area contributed by atoms with Gasteiger partial charge in [0.1, 0.15) is 11.5 Å². The van der Waals surface area contributed by atoms with E-state index in [1.54, 1.807) is 6.20 Å². The molecule has 2 aliphatic heterocycles. The van der Waals surface area contributed by atoms with Crippen molar-refractivity contribution in [2.24, 2.45) is 5.73 Å². The van der Waals surface area contributed by atoms with Gasteiger partial charge in [0.15, 0.2) is 5.78 Å². The van der Waals surface area contributed by atoms with Crippen molar-refractivity contribution in [3.05, 3.63) is 71.2 Å². The van der Waals surface area contributed by atoms with Gasteiger partial charge in [-0.15, -0.1) is 0 Å². The van der Waals surface area contributed by atoms with Gasteiger partial charge in [-0.1, -0.05) is 25.1 Å². The fourth-order valence-electron chi connectivity index (χ4n) is 5.86. The molecule has 0 bridgehead atoms. The van der Waals surface area contributed by atoms with E-state index in [-0.39, 0.29) is 18.6 Å². The molecule has 4 N–H and O–H groups in total. The third-order valence-corrected chi connectivity index (χ3v) is 8.52. The Hall–Kier alpha value is -3.63. The van der Waals surface area contributed by atoms with Crippen LogP contribution < -0.4 is 16.0 Å². The maximum absolute atomic E-state index is 13.6. The van der Waals surface area contributed by atoms with E-state index < -0.39 is 5.92 Å². The summed E-state index contributed by atoms with van der Waals surface area (Å²) < 4.78 is 27.2. The van der Waals surface area contributed by atoms with Crippen molar-refractivity contribution in [1.82, 2.24) is 25.4 Å². The van der Waals surface area contributed by atoms with E-state index in [1.165, 1.54) is 5.56 Å². The first-order valence-corrected chi connectivity index (χ1v) is 15.5. The lowest BCUT2D eigenvalue weighted by Crippen LogP contribution is -2.43. The Labute approximate surface area is 252 Å². The molecule has 2 aromatic heterocycles. The molecule has 3 aromatic rings. The Morgan fingerprint density at radius 2 is 1.88 bits per heavy atom. The van der Waals surface area contributed by atoms with E-state index >= 15 is 0 Å². The predicted octanol–water partition coefficient (Wildman–Crippen LogP) is 5.33. The van der Waals surface area contributed by atoms with Crippen LogP contribution in [0.2, 0.25) is 0 Å². The molecule has 0 unspecified atom stereocenters. The standard InChI is InChI=1S/C33H43F2N7O/c1-2-26(19-25(21-36)23-41-15-11-33(34,35)12-16-41)27-8-9-29-28(20-27)32(40-39-29)30(43)6-4-3-5-24-7-10-31(38-22-24)42-17-13-37-14-18-42/h7-10,19-22,37H,2-6,11-18,23,36H2,1H3,(H,39,40)/b25-21+,26-19+. The van der Waals surface area contributed by atoms with Crippen LogP contribution in [0.3, 0.4) is 0 Å². The van der Waals surface area contributed by atoms with Crippen molar-refractivity contribution in [3.63, 3.8) is 0 Å². The molecule has 0 atom stereocenters. The van der Waals surface area contributed by atoms with E-state index in [9.17, 15) is 13.6 Å². The molecular formula is C33H43F2N7O. The summed E-state index contributed by atoms with van der Waals surface area (Å²) in [5.74, 6) is -1.52. The zero-order valence-electron chi connectivity index (χ0n) is 25.0. The number of piperazine rings is 1. The molecular weight excluding hydrogens is 548 g/mol. The van der Waals surface area contributed by atoms with Crippen LogP contribution in [-0.2, 0) is 6.42 Å². The molecule has 8 nitrogen and oxygen atoms in total. The normalized spacial score (nSPS) is 18.3. The number of anilines is 1. The summed E-state index contributed by atoms with van der Waals surface area (Å²) in [5.41, 5.74) is 11.4. The molecule has 0 spiro atoms. The van der Waals surface area contributed by atoms with Gasteiger partial charge < -0.3 is 16.0 Å². The molecule has 4 heterocycles. The van der Waals surface area contributed by atoms with E-state index in [2.05, 4.69) is 44.5 Å². The Balaban J connectivity index is 1.18. The third kappa shape index (κ3) is 8.06. The Morgan fingerprint density at radius 1 is 1.09 bits per heavy atom. The highest BCUT2D eigenvalue weighted by Gasteiger charge is 2.33. The lowest BCUT2D eigenvalue weighted by Gasteiger charge is -2.31. The van der Waals surface area contributed by atoms with Gasteiger partial charge in [-0.25, -0.2) is 13.8 Å². The van der Waals surface area contributed by atoms with Crippen molar-refractivity contribution in [3.8, 4) is 0 Å². The number of Topliss-reactive ketones (excluding diaryl/α,β-unsaturated/α-hetero) is 1. The highest BCUT2D eigenvalue weighted by molar-refractivity contribution is 6.06. The Kier molecular flexibility index (Phi) is 10.2. The number of nitrogens with zero attached hydrogens (tertiary/aromatic N) is 4. The summed E-state index contributed by atoms with van der Waals surface area (Å²) in [6.07, 6.45) is 9.07. The summed E-state index contributed by atoms with van der Waals surface area (Å²) in [5, 5.41) is 11.5. The summed E-state index contributed by atoms with van der Waals surface area (Å²) in [6, 6.07) is 10.2. The molecule has 2 saturated heterocycles. The largest absolute Gasteiger partial charge is 0.404 e. The molecule has 230 valence electrons. The Bertz CT molecular complexity index is 1430. The van der Waals surface area contributed by atoms with Crippen molar-refractivity contribution in [2.75, 3.05) is 50.7 Å². The van der Waals surface area contributed by atoms with Gasteiger partial charge in [-0.05, 0) is 72.4 Å². The minimum absolute atomic E-state index is 0.0297. The van der Waals surface area contributed by atoms with Gasteiger partial charge in [0, 0.05) is 76.7 Å². The van der Waals surface area contributed by atoms with Gasteiger partial charge in [-0.3, -0.25) is 14.8 Å². The second-order valence-corrected chi connectivity index (χ2v) is 11.6. The summed E-state index contributed by atoms with van der Waals surface area (Å²) in [7, 11) is 0. The molecule has 0 saturated carbocycles. The van der Waals surface area contributed by atoms with Crippen LogP contribution in [-0.4, -0.2) is 77.6 Å². The molecule has 1 aromatic carbocycles. The third-order valence-electron chi connectivity index (χ3n) is 8.52. The zero-order valence-corrected chi connectivity index (χ0v) is 25.0. The smallest absolute Gasteiger partial charge is 0.250 e. The van der Waals surface area contributed by atoms with Gasteiger partial charge in [0.25, 0.3) is 5.92 Å². The van der Waals surface area contributed by atoms with Gasteiger partial charge in [0.2, 0.25) is 0 Å². The minimum Gasteiger partial charge on any atom is -0.404 e. The van der Waals surface area contributed by atoms with Crippen LogP contribution >= 0.6 is 0 Å². The number of allylic oxidation sites excluding steroid dienone is 1. The number of hydrogen-bond acceptors (Lipinski definition) is 7. The second kappa shape index (κ2) is 14.2. The number of nitrogens with one attached hydrogen (secondary N) is 2. The number of hydrogen-bond donors (Lipinski definition) is 3. The summed E-state index contributed by atoms with van der Waals surface area (Å²) >= 11 is 0. The number of rotatable bonds is 12. The number of likely N-dealkylation sites (tertiary alicyclic amines) is 1. The van der Waals surface area contributed by atoms with Crippen molar-refractivity contribution < 1.29 is 13.6 Å². The van der Waals surface area contributed by atoms with Gasteiger partial charge in [0.05, 0.1) is 5.52 Å². The first kappa shape index (κ1) is 30.8. The Morgan fingerprint density at radius 3 is 2.58 bits per heavy atom. The minimum atomic E-state index is -2.57. The highest BCUT2D eigenvalue weighted by Crippen LogP contribution is 2.29. The first-order chi connectivity index (χ1) is 20.8. The van der Waals surface area contributed by atoms with Crippen LogP contribution in [0.1, 0.15) is 67.1 Å². The van der Waals surface area contributed by atoms with Gasteiger partial charge >= 0.3 is 0 Å². The van der Waals surface area contributed by atoms with Crippen LogP contribution in [0.5, 0.6) is 0 Å². The number of benzene rings is 1. The van der Waals surface area contributed by atoms with Crippen LogP contribution in [0.15, 0.2) is 54.4 Å². The molecule has 10 heteroatoms. The number of H-pyrrole nitrogens is 1. The fraction of sp³-hybridized carbons (Fsp3) is 0.485. The lowest BCUT2D eigenvalue weighted by atomic mass is 9.97. The number of carbonyl (C=O) groups is 1. The molecule has 43 heavy (non-hydrogen) atoms. The first-order valence-electron chi connectivity index (χ1n) is 15.5. The SMILES string of the molecule is CC/C(=C\C(=C/N)CN1CCC(F)(F)CC1)c1ccc2[nH]nc(C(=O)CCCCc3ccc(N4CCNCC4)nc3)c2c1. The number of ketones is 1. The number of aromatic nitrogens is 3. The summed E-state index contributed by atoms with van der Waals surface area (Å²) in [4.78, 5) is 22.2. The van der Waals surface area contributed by atoms with E-state index in [1.807, 2.05) is 35.4 Å². The number of aromatic amines is 1. The van der Waals surface area contributed by atoms with Crippen molar-refractivity contribution in [2.45, 2.75) is 57.8 Å². The molecule has 2 aliphatic rings. The van der Waals surface area contributed by atoms with Crippen molar-refractivity contribution >= 4 is 28.1 Å². The fourth-order valence-corrected chi connectivity index (χ4v) is 5.86. The van der Waals surface area contributed by atoms with Crippen LogP contribution in [0.25, 0.3) is 16.5 Å². The number of aryl methyl sites for hydroxylation is 1. The number of halogens is 2. The zero-order chi connectivity index (χ0) is 30.2. The number of piperidine rings is 1. The maximum atomic E-state index is 13.6. The van der Waals surface area contributed by atoms with E-state index in [4.69, 9.17) is 5.73 Å². The number of carbonyl (C=O) groups excluding carboxylic acids is 1. The topological polar surface area (TPSA) is 103 Å². The quantitative estimate of drug-likeness (QED) is 0.149. The maximum Gasteiger partial charge on any atom is 0.250 e. The number of fused-ring (bicyclic) bond motifs is 1. The van der Waals surface area contributed by atoms with E-state index in [0.717, 1.165) is 85.3 Å². The molecule has 0 amide bonds. The van der Waals surface area contributed by atoms with E-state index in [0.29, 0.717) is 31.7 Å². The lowest BCUT2D eigenvalue weighted by molar-refractivity contribution is -0.0533. The summed E-state index contributed by atoms with van der Waals surface area (Å²) in [6.45, 7) is 7.23. The number of unbranched alkanes of at least 4 members (excludes halogenated alkanes) is 1. The van der Waals surface area contributed by atoms with Crippen molar-refractivity contribution in [1.29, 1.82) is 0 Å². The average molecular weight is 592 g/mol. The molecule has 5 rings (SSSR count). The predicted molar refractivity (Wildman–Crippen MR) is 168 cm³/mol. The van der Waals surface area contributed by atoms with Crippen LogP contribution in [0, 0.1) is 0 Å². The average Bonchev–Trinajstić information content (AvgIpc) is 3.46. The molecule has 2 fully saturated rings. The molecule has 0 radical (unpaired) electrons.